The summed E-state index contributed by atoms with van der Waals surface area (Å²) in [7, 11) is 6.10. The fourth-order valence-corrected chi connectivity index (χ4v) is 3.89. The average molecular weight is 527 g/mol. The normalized spacial score (nSPS) is 10.7. The monoisotopic (exact) mass is 526 g/mol. The van der Waals surface area contributed by atoms with Crippen LogP contribution in [0.15, 0.2) is 84.9 Å². The number of carbonyl (C=O) groups is 1. The summed E-state index contributed by atoms with van der Waals surface area (Å²) in [4.78, 5) is 11.9. The Morgan fingerprint density at radius 2 is 1.36 bits per heavy atom. The first-order valence-corrected chi connectivity index (χ1v) is 12.2. The zero-order valence-corrected chi connectivity index (χ0v) is 22.3. The van der Waals surface area contributed by atoms with Gasteiger partial charge in [-0.15, -0.1) is 0 Å². The van der Waals surface area contributed by atoms with Gasteiger partial charge in [0.25, 0.3) is 0 Å². The van der Waals surface area contributed by atoms with Crippen LogP contribution in [-0.2, 0) is 11.3 Å². The van der Waals surface area contributed by atoms with E-state index in [1.165, 1.54) is 7.11 Å². The Morgan fingerprint density at radius 1 is 0.692 bits per heavy atom. The highest BCUT2D eigenvalue weighted by Gasteiger charge is 2.15. The molecule has 7 heteroatoms. The maximum absolute atomic E-state index is 11.9. The predicted octanol–water partition coefficient (Wildman–Crippen LogP) is 7.04. The maximum Gasteiger partial charge on any atom is 0.337 e. The number of esters is 1. The summed E-state index contributed by atoms with van der Waals surface area (Å²) in [5.41, 5.74) is 3.10. The van der Waals surface area contributed by atoms with Gasteiger partial charge in [0.15, 0.2) is 23.0 Å². The van der Waals surface area contributed by atoms with Crippen LogP contribution in [0.4, 0.5) is 0 Å². The van der Waals surface area contributed by atoms with Gasteiger partial charge in [-0.2, -0.15) is 0 Å². The van der Waals surface area contributed by atoms with Gasteiger partial charge in [-0.1, -0.05) is 48.5 Å². The van der Waals surface area contributed by atoms with Crippen molar-refractivity contribution in [3.05, 3.63) is 107 Å². The third kappa shape index (κ3) is 6.70. The van der Waals surface area contributed by atoms with Crippen molar-refractivity contribution in [2.75, 3.05) is 28.4 Å². The molecule has 0 aliphatic carbocycles. The van der Waals surface area contributed by atoms with Crippen molar-refractivity contribution in [1.29, 1.82) is 0 Å². The van der Waals surface area contributed by atoms with Crippen molar-refractivity contribution in [2.45, 2.75) is 6.61 Å². The van der Waals surface area contributed by atoms with Crippen LogP contribution < -0.4 is 23.7 Å². The van der Waals surface area contributed by atoms with Gasteiger partial charge >= 0.3 is 5.97 Å². The van der Waals surface area contributed by atoms with E-state index in [1.54, 1.807) is 39.5 Å². The van der Waals surface area contributed by atoms with Crippen LogP contribution in [0.2, 0.25) is 0 Å². The Bertz CT molecular complexity index is 1430. The minimum Gasteiger partial charge on any atom is -0.496 e. The van der Waals surface area contributed by atoms with Crippen LogP contribution >= 0.6 is 0 Å². The van der Waals surface area contributed by atoms with Crippen molar-refractivity contribution in [3.63, 3.8) is 0 Å². The van der Waals surface area contributed by atoms with Crippen LogP contribution in [0, 0.1) is 0 Å². The first kappa shape index (κ1) is 27.1. The second-order valence-electron chi connectivity index (χ2n) is 8.35. The Morgan fingerprint density at radius 3 is 2.03 bits per heavy atom. The molecule has 0 N–H and O–H groups in total. The fourth-order valence-electron chi connectivity index (χ4n) is 3.89. The highest BCUT2D eigenvalue weighted by atomic mass is 16.5. The molecule has 0 aliphatic heterocycles. The van der Waals surface area contributed by atoms with Gasteiger partial charge in [0.1, 0.15) is 18.1 Å². The number of methoxy groups -OCH3 is 4. The zero-order chi connectivity index (χ0) is 27.6. The number of hydrogen-bond donors (Lipinski definition) is 0. The molecule has 0 atom stereocenters. The molecule has 0 amide bonds. The molecule has 4 rings (SSSR count). The summed E-state index contributed by atoms with van der Waals surface area (Å²) in [6.07, 6.45) is 3.88. The van der Waals surface area contributed by atoms with Gasteiger partial charge in [0.2, 0.25) is 0 Å². The first-order valence-electron chi connectivity index (χ1n) is 12.2. The highest BCUT2D eigenvalue weighted by molar-refractivity contribution is 5.90. The maximum atomic E-state index is 11.9. The van der Waals surface area contributed by atoms with Crippen LogP contribution in [0.25, 0.3) is 12.2 Å². The van der Waals surface area contributed by atoms with Gasteiger partial charge in [-0.25, -0.2) is 4.79 Å². The smallest absolute Gasteiger partial charge is 0.337 e. The summed E-state index contributed by atoms with van der Waals surface area (Å²) in [5, 5.41) is 0. The summed E-state index contributed by atoms with van der Waals surface area (Å²) in [6, 6.07) is 26.0. The fraction of sp³-hybridized carbons (Fsp3) is 0.156. The van der Waals surface area contributed by atoms with E-state index in [9.17, 15) is 4.79 Å². The molecule has 0 saturated heterocycles. The largest absolute Gasteiger partial charge is 0.496 e. The van der Waals surface area contributed by atoms with Gasteiger partial charge in [0.05, 0.1) is 39.6 Å². The molecular formula is C32H30O7. The average Bonchev–Trinajstić information content (AvgIpc) is 2.99. The molecule has 0 saturated carbocycles. The quantitative estimate of drug-likeness (QED) is 0.153. The molecule has 0 aromatic heterocycles. The van der Waals surface area contributed by atoms with Gasteiger partial charge in [0, 0.05) is 0 Å². The second-order valence-corrected chi connectivity index (χ2v) is 8.35. The lowest BCUT2D eigenvalue weighted by Crippen LogP contribution is -2.02. The summed E-state index contributed by atoms with van der Waals surface area (Å²) >= 11 is 0. The molecule has 4 aromatic carbocycles. The van der Waals surface area contributed by atoms with E-state index in [1.807, 2.05) is 78.9 Å². The third-order valence-corrected chi connectivity index (χ3v) is 5.92. The number of rotatable bonds is 11. The summed E-state index contributed by atoms with van der Waals surface area (Å²) < 4.78 is 33.6. The Kier molecular flexibility index (Phi) is 9.08. The molecule has 0 radical (unpaired) electrons. The van der Waals surface area contributed by atoms with Gasteiger partial charge in [-0.3, -0.25) is 0 Å². The van der Waals surface area contributed by atoms with E-state index in [4.69, 9.17) is 28.4 Å². The first-order chi connectivity index (χ1) is 19.1. The minimum atomic E-state index is -0.455. The SMILES string of the molecule is COC(=O)c1ccc(OC)c(Oc2ccc(/C=C/c3c(OC)ccc(OC)c3OCc3ccccc3)cc2)c1. The second kappa shape index (κ2) is 13.1. The van der Waals surface area contributed by atoms with Crippen molar-refractivity contribution in [1.82, 2.24) is 0 Å². The van der Waals surface area contributed by atoms with Crippen molar-refractivity contribution >= 4 is 18.1 Å². The molecule has 0 unspecified atom stereocenters. The Hall–Kier alpha value is -4.91. The lowest BCUT2D eigenvalue weighted by atomic mass is 10.1. The Labute approximate surface area is 228 Å². The molecule has 0 bridgehead atoms. The van der Waals surface area contributed by atoms with E-state index in [0.717, 1.165) is 16.7 Å². The number of ether oxygens (including phenoxy) is 6. The van der Waals surface area contributed by atoms with E-state index in [2.05, 4.69) is 0 Å². The van der Waals surface area contributed by atoms with Gasteiger partial charge in [-0.05, 0) is 59.7 Å². The van der Waals surface area contributed by atoms with Crippen LogP contribution in [0.3, 0.4) is 0 Å². The van der Waals surface area contributed by atoms with Crippen LogP contribution in [-0.4, -0.2) is 34.4 Å². The topological polar surface area (TPSA) is 72.5 Å². The third-order valence-electron chi connectivity index (χ3n) is 5.92. The zero-order valence-electron chi connectivity index (χ0n) is 22.3. The van der Waals surface area contributed by atoms with Gasteiger partial charge < -0.3 is 28.4 Å². The number of carbonyl (C=O) groups excluding carboxylic acids is 1. The van der Waals surface area contributed by atoms with Crippen molar-refractivity contribution in [2.24, 2.45) is 0 Å². The molecule has 7 nitrogen and oxygen atoms in total. The van der Waals surface area contributed by atoms with E-state index in [-0.39, 0.29) is 0 Å². The highest BCUT2D eigenvalue weighted by Crippen LogP contribution is 2.39. The van der Waals surface area contributed by atoms with E-state index >= 15 is 0 Å². The van der Waals surface area contributed by atoms with E-state index in [0.29, 0.717) is 46.7 Å². The minimum absolute atomic E-state index is 0.366. The molecule has 39 heavy (non-hydrogen) atoms. The number of hydrogen-bond acceptors (Lipinski definition) is 7. The van der Waals surface area contributed by atoms with Crippen LogP contribution in [0.1, 0.15) is 27.0 Å². The molecule has 200 valence electrons. The summed E-state index contributed by atoms with van der Waals surface area (Å²) in [5.74, 6) is 2.89. The number of benzene rings is 4. The Balaban J connectivity index is 1.56. The van der Waals surface area contributed by atoms with Crippen LogP contribution in [0.5, 0.6) is 34.5 Å². The molecule has 0 spiro atoms. The predicted molar refractivity (Wildman–Crippen MR) is 150 cm³/mol. The molecular weight excluding hydrogens is 496 g/mol. The molecule has 4 aromatic rings. The van der Waals surface area contributed by atoms with E-state index < -0.39 is 5.97 Å². The van der Waals surface area contributed by atoms with Crippen molar-refractivity contribution in [3.8, 4) is 34.5 Å². The van der Waals surface area contributed by atoms with Crippen molar-refractivity contribution < 1.29 is 33.2 Å². The molecule has 0 aliphatic rings. The summed E-state index contributed by atoms with van der Waals surface area (Å²) in [6.45, 7) is 0.387. The standard InChI is InChI=1S/C32H30O7/c1-34-27-18-19-29(36-3)31(38-21-23-8-6-5-7-9-23)26(27)16-12-22-10-14-25(15-11-22)39-30-20-24(32(33)37-4)13-17-28(30)35-2/h5-20H,21H2,1-4H3/b16-12+. The lowest BCUT2D eigenvalue weighted by Gasteiger charge is -2.16. The molecule has 0 fully saturated rings. The molecule has 0 heterocycles. The lowest BCUT2D eigenvalue weighted by molar-refractivity contribution is 0.0600.